The smallest absolute Gasteiger partial charge is 0.309 e. The standard InChI is InChI=1S/C51H27F5N4/c1-58-42-18-7-4-13-35(42)31-22-24-39-37-15-6-9-20-44(37)60(46(39)26-31)48-28-33(49-40(52)16-10-17-41(49)53)27-47(50(48)51(54,55)56)59-43-19-8-5-14-36(43)38-23-21-30(25-45(38)59)34-12-3-2-11-32(34)29-57/h2-28H. The number of fused-ring (bicyclic) bond motifs is 6. The predicted octanol–water partition coefficient (Wildman–Crippen LogP) is 14.6. The maximum atomic E-state index is 16.4. The van der Waals surface area contributed by atoms with Crippen LogP contribution >= 0.6 is 0 Å². The van der Waals surface area contributed by atoms with Gasteiger partial charge in [0.05, 0.1) is 57.2 Å². The molecule has 0 saturated heterocycles. The van der Waals surface area contributed by atoms with Crippen LogP contribution in [0.1, 0.15) is 11.1 Å². The molecule has 8 aromatic carbocycles. The summed E-state index contributed by atoms with van der Waals surface area (Å²) in [7, 11) is 0. The molecule has 10 rings (SSSR count). The molecule has 10 aromatic rings. The monoisotopic (exact) mass is 790 g/mol. The van der Waals surface area contributed by atoms with Crippen LogP contribution < -0.4 is 0 Å². The molecule has 0 unspecified atom stereocenters. The molecule has 2 aromatic heterocycles. The topological polar surface area (TPSA) is 38.0 Å². The Labute approximate surface area is 339 Å². The summed E-state index contributed by atoms with van der Waals surface area (Å²) in [6, 6.07) is 47.0. The maximum absolute atomic E-state index is 16.4. The summed E-state index contributed by atoms with van der Waals surface area (Å²) in [5, 5.41) is 12.6. The van der Waals surface area contributed by atoms with E-state index in [9.17, 15) is 5.26 Å². The van der Waals surface area contributed by atoms with Gasteiger partial charge >= 0.3 is 6.18 Å². The number of halogens is 5. The zero-order valence-corrected chi connectivity index (χ0v) is 31.3. The number of nitriles is 1. The first kappa shape index (κ1) is 36.3. The third kappa shape index (κ3) is 5.63. The van der Waals surface area contributed by atoms with E-state index in [-0.39, 0.29) is 16.9 Å². The van der Waals surface area contributed by atoms with Crippen molar-refractivity contribution in [2.45, 2.75) is 6.18 Å². The first-order valence-corrected chi connectivity index (χ1v) is 18.9. The van der Waals surface area contributed by atoms with E-state index in [2.05, 4.69) is 10.9 Å². The molecule has 2 heterocycles. The van der Waals surface area contributed by atoms with Crippen LogP contribution in [0, 0.1) is 29.5 Å². The fraction of sp³-hybridized carbons (Fsp3) is 0.0196. The first-order valence-electron chi connectivity index (χ1n) is 18.9. The first-order chi connectivity index (χ1) is 29.2. The highest BCUT2D eigenvalue weighted by Crippen LogP contribution is 2.47. The molecule has 60 heavy (non-hydrogen) atoms. The van der Waals surface area contributed by atoms with Crippen LogP contribution in [0.4, 0.5) is 27.6 Å². The fourth-order valence-corrected chi connectivity index (χ4v) is 8.62. The normalized spacial score (nSPS) is 11.7. The van der Waals surface area contributed by atoms with Gasteiger partial charge in [0.1, 0.15) is 17.2 Å². The molecular formula is C51H27F5N4. The molecule has 0 aliphatic heterocycles. The highest BCUT2D eigenvalue weighted by molar-refractivity contribution is 6.12. The van der Waals surface area contributed by atoms with Gasteiger partial charge < -0.3 is 9.13 Å². The van der Waals surface area contributed by atoms with Gasteiger partial charge in [-0.2, -0.15) is 18.4 Å². The third-order valence-corrected chi connectivity index (χ3v) is 11.2. The van der Waals surface area contributed by atoms with Gasteiger partial charge in [-0.15, -0.1) is 0 Å². The molecule has 0 aliphatic carbocycles. The van der Waals surface area contributed by atoms with Crippen LogP contribution in [-0.4, -0.2) is 9.13 Å². The molecule has 0 amide bonds. The summed E-state index contributed by atoms with van der Waals surface area (Å²) in [6.45, 7) is 7.80. The van der Waals surface area contributed by atoms with Gasteiger partial charge in [0.15, 0.2) is 5.69 Å². The van der Waals surface area contributed by atoms with Crippen LogP contribution in [0.15, 0.2) is 164 Å². The molecule has 0 bridgehead atoms. The van der Waals surface area contributed by atoms with Crippen molar-refractivity contribution >= 4 is 49.3 Å². The van der Waals surface area contributed by atoms with Crippen molar-refractivity contribution in [1.82, 2.24) is 9.13 Å². The Morgan fingerprint density at radius 2 is 0.983 bits per heavy atom. The molecule has 4 nitrogen and oxygen atoms in total. The van der Waals surface area contributed by atoms with Crippen molar-refractivity contribution in [3.63, 3.8) is 0 Å². The predicted molar refractivity (Wildman–Crippen MR) is 227 cm³/mol. The van der Waals surface area contributed by atoms with E-state index in [0.29, 0.717) is 77.1 Å². The number of alkyl halides is 3. The van der Waals surface area contributed by atoms with Crippen LogP contribution in [0.2, 0.25) is 0 Å². The summed E-state index contributed by atoms with van der Waals surface area (Å²) in [4.78, 5) is 3.69. The number of nitrogens with zero attached hydrogens (tertiary/aromatic N) is 4. The van der Waals surface area contributed by atoms with Gasteiger partial charge in [-0.3, -0.25) is 0 Å². The average Bonchev–Trinajstić information content (AvgIpc) is 3.77. The summed E-state index contributed by atoms with van der Waals surface area (Å²) in [5.41, 5.74) is 2.49. The van der Waals surface area contributed by atoms with Gasteiger partial charge in [0.2, 0.25) is 0 Å². The number of rotatable bonds is 5. The van der Waals surface area contributed by atoms with Crippen LogP contribution in [0.25, 0.3) is 93.2 Å². The molecule has 0 N–H and O–H groups in total. The average molecular weight is 791 g/mol. The number of hydrogen-bond acceptors (Lipinski definition) is 1. The zero-order valence-electron chi connectivity index (χ0n) is 31.3. The Morgan fingerprint density at radius 1 is 0.500 bits per heavy atom. The van der Waals surface area contributed by atoms with Crippen molar-refractivity contribution in [3.05, 3.63) is 198 Å². The number of aromatic nitrogens is 2. The summed E-state index contributed by atoms with van der Waals surface area (Å²) < 4.78 is 84.1. The summed E-state index contributed by atoms with van der Waals surface area (Å²) in [5.74, 6) is -1.88. The van der Waals surface area contributed by atoms with E-state index in [1.54, 1.807) is 97.1 Å². The lowest BCUT2D eigenvalue weighted by Crippen LogP contribution is -2.16. The van der Waals surface area contributed by atoms with Gasteiger partial charge in [0, 0.05) is 21.5 Å². The van der Waals surface area contributed by atoms with E-state index in [0.717, 1.165) is 12.1 Å². The van der Waals surface area contributed by atoms with Crippen molar-refractivity contribution in [1.29, 1.82) is 5.26 Å². The SMILES string of the molecule is [C-]#[N+]c1ccccc1-c1ccc2c3ccccc3n(-c3cc(-c4c(F)cccc4F)cc(-n4c5ccccc5c5ccc(-c6ccccc6C#N)cc54)c3C(F)(F)F)c2c1. The molecule has 0 radical (unpaired) electrons. The minimum atomic E-state index is -5.02. The van der Waals surface area contributed by atoms with Gasteiger partial charge in [-0.05, 0) is 82.4 Å². The molecule has 0 fully saturated rings. The largest absolute Gasteiger partial charge is 0.420 e. The van der Waals surface area contributed by atoms with Gasteiger partial charge in [-0.25, -0.2) is 13.6 Å². The second-order valence-corrected chi connectivity index (χ2v) is 14.4. The second kappa shape index (κ2) is 13.8. The maximum Gasteiger partial charge on any atom is 0.420 e. The van der Waals surface area contributed by atoms with Gasteiger partial charge in [0.25, 0.3) is 0 Å². The van der Waals surface area contributed by atoms with Crippen molar-refractivity contribution in [2.75, 3.05) is 0 Å². The summed E-state index contributed by atoms with van der Waals surface area (Å²) in [6.07, 6.45) is -5.02. The molecule has 9 heteroatoms. The van der Waals surface area contributed by atoms with Gasteiger partial charge in [-0.1, -0.05) is 109 Å². The minimum absolute atomic E-state index is 0.110. The van der Waals surface area contributed by atoms with E-state index in [1.807, 2.05) is 36.4 Å². The quantitative estimate of drug-likeness (QED) is 0.126. The number of benzene rings is 8. The molecule has 286 valence electrons. The van der Waals surface area contributed by atoms with Crippen molar-refractivity contribution in [3.8, 4) is 50.8 Å². The highest BCUT2D eigenvalue weighted by atomic mass is 19.4. The lowest BCUT2D eigenvalue weighted by Gasteiger charge is -2.23. The van der Waals surface area contributed by atoms with E-state index in [1.165, 1.54) is 27.3 Å². The zero-order chi connectivity index (χ0) is 41.3. The molecule has 0 saturated carbocycles. The lowest BCUT2D eigenvalue weighted by molar-refractivity contribution is -0.137. The van der Waals surface area contributed by atoms with Crippen LogP contribution in [0.5, 0.6) is 0 Å². The number of hydrogen-bond donors (Lipinski definition) is 0. The molecule has 0 atom stereocenters. The third-order valence-electron chi connectivity index (χ3n) is 11.2. The lowest BCUT2D eigenvalue weighted by atomic mass is 9.97. The van der Waals surface area contributed by atoms with Crippen LogP contribution in [0.3, 0.4) is 0 Å². The molecular weight excluding hydrogens is 764 g/mol. The molecule has 0 spiro atoms. The van der Waals surface area contributed by atoms with E-state index in [4.69, 9.17) is 6.57 Å². The molecule has 0 aliphatic rings. The number of para-hydroxylation sites is 3. The Kier molecular flexibility index (Phi) is 8.38. The fourth-order valence-electron chi connectivity index (χ4n) is 8.62. The van der Waals surface area contributed by atoms with E-state index >= 15 is 22.0 Å². The van der Waals surface area contributed by atoms with E-state index < -0.39 is 28.9 Å². The van der Waals surface area contributed by atoms with Crippen molar-refractivity contribution < 1.29 is 22.0 Å². The highest BCUT2D eigenvalue weighted by Gasteiger charge is 2.40. The second-order valence-electron chi connectivity index (χ2n) is 14.4. The Morgan fingerprint density at radius 3 is 1.53 bits per heavy atom. The minimum Gasteiger partial charge on any atom is -0.309 e. The Hall–Kier alpha value is -8.01. The van der Waals surface area contributed by atoms with Crippen LogP contribution in [-0.2, 0) is 6.18 Å². The van der Waals surface area contributed by atoms with Crippen molar-refractivity contribution in [2.24, 2.45) is 0 Å². The summed E-state index contributed by atoms with van der Waals surface area (Å²) >= 11 is 0. The Balaban J connectivity index is 1.39. The Bertz CT molecular complexity index is 3270.